The highest BCUT2D eigenvalue weighted by Crippen LogP contribution is 2.30. The summed E-state index contributed by atoms with van der Waals surface area (Å²) in [6.07, 6.45) is 0. The molecule has 7 nitrogen and oxygen atoms in total. The number of anilines is 1. The van der Waals surface area contributed by atoms with Gasteiger partial charge in [0.2, 0.25) is 10.0 Å². The number of alkyl halides is 2. The highest BCUT2D eigenvalue weighted by molar-refractivity contribution is 7.89. The SMILES string of the molecule is COc1ccc(C(=O)Nc2cccc(S(=O)(=O)NC(C)(C)C)c2)cc1OC(F)F. The maximum absolute atomic E-state index is 12.5. The van der Waals surface area contributed by atoms with Crippen molar-refractivity contribution in [3.05, 3.63) is 48.0 Å². The summed E-state index contributed by atoms with van der Waals surface area (Å²) in [5.41, 5.74) is -0.427. The first-order valence-electron chi connectivity index (χ1n) is 8.49. The van der Waals surface area contributed by atoms with Crippen LogP contribution in [0.3, 0.4) is 0 Å². The summed E-state index contributed by atoms with van der Waals surface area (Å²) >= 11 is 0. The van der Waals surface area contributed by atoms with Crippen LogP contribution in [-0.4, -0.2) is 33.6 Å². The van der Waals surface area contributed by atoms with Gasteiger partial charge in [-0.3, -0.25) is 4.79 Å². The number of hydrogen-bond donors (Lipinski definition) is 2. The highest BCUT2D eigenvalue weighted by Gasteiger charge is 2.22. The largest absolute Gasteiger partial charge is 0.493 e. The van der Waals surface area contributed by atoms with Gasteiger partial charge in [0.05, 0.1) is 12.0 Å². The summed E-state index contributed by atoms with van der Waals surface area (Å²) in [4.78, 5) is 12.5. The van der Waals surface area contributed by atoms with Gasteiger partial charge in [-0.15, -0.1) is 0 Å². The lowest BCUT2D eigenvalue weighted by Gasteiger charge is -2.20. The van der Waals surface area contributed by atoms with E-state index in [2.05, 4.69) is 14.8 Å². The number of hydrogen-bond acceptors (Lipinski definition) is 5. The monoisotopic (exact) mass is 428 g/mol. The first-order chi connectivity index (χ1) is 13.4. The number of nitrogens with one attached hydrogen (secondary N) is 2. The van der Waals surface area contributed by atoms with Crippen molar-refractivity contribution in [3.63, 3.8) is 0 Å². The first-order valence-corrected chi connectivity index (χ1v) is 9.98. The zero-order valence-corrected chi connectivity index (χ0v) is 17.1. The molecule has 10 heteroatoms. The van der Waals surface area contributed by atoms with Crippen LogP contribution in [0.4, 0.5) is 14.5 Å². The van der Waals surface area contributed by atoms with Crippen LogP contribution in [0, 0.1) is 0 Å². The molecule has 0 saturated carbocycles. The summed E-state index contributed by atoms with van der Waals surface area (Å²) in [5.74, 6) is -0.880. The highest BCUT2D eigenvalue weighted by atomic mass is 32.2. The summed E-state index contributed by atoms with van der Waals surface area (Å²) in [6, 6.07) is 9.48. The van der Waals surface area contributed by atoms with Gasteiger partial charge in [-0.05, 0) is 57.2 Å². The van der Waals surface area contributed by atoms with Gasteiger partial charge in [0.1, 0.15) is 0 Å². The van der Waals surface area contributed by atoms with Crippen LogP contribution < -0.4 is 19.5 Å². The Hall–Kier alpha value is -2.72. The third-order valence-electron chi connectivity index (χ3n) is 3.48. The lowest BCUT2D eigenvalue weighted by molar-refractivity contribution is -0.0512. The Morgan fingerprint density at radius 1 is 1.07 bits per heavy atom. The quantitative estimate of drug-likeness (QED) is 0.703. The van der Waals surface area contributed by atoms with Crippen LogP contribution in [-0.2, 0) is 10.0 Å². The molecule has 0 atom stereocenters. The summed E-state index contributed by atoms with van der Waals surface area (Å²) in [7, 11) is -2.51. The molecule has 0 spiro atoms. The van der Waals surface area contributed by atoms with Gasteiger partial charge in [0.25, 0.3) is 5.91 Å². The maximum Gasteiger partial charge on any atom is 0.387 e. The van der Waals surface area contributed by atoms with Crippen LogP contribution in [0.25, 0.3) is 0 Å². The van der Waals surface area contributed by atoms with E-state index in [1.807, 2.05) is 0 Å². The standard InChI is InChI=1S/C19H22F2N2O5S/c1-19(2,3)23-29(25,26)14-7-5-6-13(11-14)22-17(24)12-8-9-15(27-4)16(10-12)28-18(20)21/h5-11,18,23H,1-4H3,(H,22,24). The topological polar surface area (TPSA) is 93.7 Å². The Morgan fingerprint density at radius 2 is 1.76 bits per heavy atom. The Balaban J connectivity index is 2.26. The second-order valence-corrected chi connectivity index (χ2v) is 8.76. The molecule has 2 aromatic carbocycles. The predicted octanol–water partition coefficient (Wildman–Crippen LogP) is 3.63. The number of benzene rings is 2. The smallest absolute Gasteiger partial charge is 0.387 e. The van der Waals surface area contributed by atoms with E-state index in [9.17, 15) is 22.0 Å². The van der Waals surface area contributed by atoms with Crippen LogP contribution in [0.5, 0.6) is 11.5 Å². The summed E-state index contributed by atoms with van der Waals surface area (Å²) in [5, 5.41) is 2.54. The van der Waals surface area contributed by atoms with E-state index in [-0.39, 0.29) is 27.6 Å². The molecule has 0 fully saturated rings. The van der Waals surface area contributed by atoms with Gasteiger partial charge >= 0.3 is 6.61 Å². The van der Waals surface area contributed by atoms with Gasteiger partial charge in [-0.25, -0.2) is 13.1 Å². The Labute approximate surface area is 168 Å². The average Bonchev–Trinajstić information content (AvgIpc) is 2.59. The van der Waals surface area contributed by atoms with Crippen molar-refractivity contribution in [3.8, 4) is 11.5 Å². The number of ether oxygens (including phenoxy) is 2. The Kier molecular flexibility index (Phi) is 6.81. The van der Waals surface area contributed by atoms with Crippen molar-refractivity contribution in [2.75, 3.05) is 12.4 Å². The molecule has 2 rings (SSSR count). The molecule has 0 bridgehead atoms. The lowest BCUT2D eigenvalue weighted by Crippen LogP contribution is -2.40. The van der Waals surface area contributed by atoms with E-state index in [4.69, 9.17) is 4.74 Å². The molecule has 0 aliphatic heterocycles. The molecule has 2 aromatic rings. The molecule has 0 aliphatic rings. The van der Waals surface area contributed by atoms with E-state index in [0.29, 0.717) is 0 Å². The number of halogens is 2. The third-order valence-corrected chi connectivity index (χ3v) is 5.24. The van der Waals surface area contributed by atoms with Crippen molar-refractivity contribution in [2.24, 2.45) is 0 Å². The molecule has 1 amide bonds. The summed E-state index contributed by atoms with van der Waals surface area (Å²) in [6.45, 7) is 2.04. The molecular formula is C19H22F2N2O5S. The van der Waals surface area contributed by atoms with E-state index in [1.165, 1.54) is 43.5 Å². The zero-order chi connectivity index (χ0) is 21.8. The third kappa shape index (κ3) is 6.40. The molecule has 158 valence electrons. The Morgan fingerprint density at radius 3 is 2.34 bits per heavy atom. The van der Waals surface area contributed by atoms with E-state index < -0.39 is 28.1 Å². The molecule has 0 saturated heterocycles. The van der Waals surface area contributed by atoms with Gasteiger partial charge in [-0.2, -0.15) is 8.78 Å². The molecule has 0 aliphatic carbocycles. The Bertz CT molecular complexity index is 988. The maximum atomic E-state index is 12.5. The van der Waals surface area contributed by atoms with Gasteiger partial charge < -0.3 is 14.8 Å². The first kappa shape index (κ1) is 22.6. The van der Waals surface area contributed by atoms with Crippen molar-refractivity contribution in [1.29, 1.82) is 0 Å². The predicted molar refractivity (Wildman–Crippen MR) is 104 cm³/mol. The number of amides is 1. The molecule has 0 aromatic heterocycles. The fraction of sp³-hybridized carbons (Fsp3) is 0.316. The lowest BCUT2D eigenvalue weighted by atomic mass is 10.1. The normalized spacial score (nSPS) is 12.0. The number of rotatable bonds is 7. The minimum atomic E-state index is -3.79. The number of methoxy groups -OCH3 is 1. The van der Waals surface area contributed by atoms with E-state index in [0.717, 1.165) is 6.07 Å². The minimum Gasteiger partial charge on any atom is -0.493 e. The number of carbonyl (C=O) groups is 1. The van der Waals surface area contributed by atoms with Gasteiger partial charge in [0, 0.05) is 16.8 Å². The number of sulfonamides is 1. The minimum absolute atomic E-state index is 0.0262. The van der Waals surface area contributed by atoms with Crippen LogP contribution in [0.2, 0.25) is 0 Å². The molecule has 2 N–H and O–H groups in total. The zero-order valence-electron chi connectivity index (χ0n) is 16.3. The van der Waals surface area contributed by atoms with Crippen molar-refractivity contribution in [2.45, 2.75) is 37.8 Å². The van der Waals surface area contributed by atoms with Crippen molar-refractivity contribution >= 4 is 21.6 Å². The van der Waals surface area contributed by atoms with Crippen LogP contribution in [0.15, 0.2) is 47.4 Å². The van der Waals surface area contributed by atoms with Gasteiger partial charge in [-0.1, -0.05) is 6.07 Å². The fourth-order valence-corrected chi connectivity index (χ4v) is 3.88. The van der Waals surface area contributed by atoms with Crippen molar-refractivity contribution < 1.29 is 31.5 Å². The van der Waals surface area contributed by atoms with Crippen LogP contribution >= 0.6 is 0 Å². The molecule has 29 heavy (non-hydrogen) atoms. The second kappa shape index (κ2) is 8.75. The second-order valence-electron chi connectivity index (χ2n) is 7.08. The summed E-state index contributed by atoms with van der Waals surface area (Å²) < 4.78 is 61.8. The van der Waals surface area contributed by atoms with Gasteiger partial charge in [0.15, 0.2) is 11.5 Å². The van der Waals surface area contributed by atoms with E-state index >= 15 is 0 Å². The molecule has 0 heterocycles. The fourth-order valence-electron chi connectivity index (χ4n) is 2.41. The molecular weight excluding hydrogens is 406 g/mol. The molecule has 0 radical (unpaired) electrons. The number of carbonyl (C=O) groups excluding carboxylic acids is 1. The molecule has 0 unspecified atom stereocenters. The average molecular weight is 428 g/mol. The van der Waals surface area contributed by atoms with E-state index in [1.54, 1.807) is 20.8 Å². The van der Waals surface area contributed by atoms with Crippen LogP contribution in [0.1, 0.15) is 31.1 Å². The van der Waals surface area contributed by atoms with Crippen molar-refractivity contribution in [1.82, 2.24) is 4.72 Å².